The molecule has 2 amide bonds. The van der Waals surface area contributed by atoms with E-state index >= 15 is 0 Å². The molecule has 5 rings (SSSR count). The molecule has 2 N–H and O–H groups in total. The van der Waals surface area contributed by atoms with Crippen molar-refractivity contribution >= 4 is 40.8 Å². The summed E-state index contributed by atoms with van der Waals surface area (Å²) >= 11 is 6.06. The number of morpholine rings is 1. The van der Waals surface area contributed by atoms with Crippen LogP contribution < -0.4 is 5.32 Å². The number of aryl methyl sites for hydroxylation is 1. The van der Waals surface area contributed by atoms with Crippen molar-refractivity contribution in [3.05, 3.63) is 51.3 Å². The largest absolute Gasteiger partial charge is 0.379 e. The summed E-state index contributed by atoms with van der Waals surface area (Å²) < 4.78 is 5.47. The van der Waals surface area contributed by atoms with Crippen LogP contribution in [0.15, 0.2) is 18.2 Å². The number of carbonyl (C=O) groups excluding carboxylic acids is 2. The summed E-state index contributed by atoms with van der Waals surface area (Å²) in [6.45, 7) is 8.95. The Hall–Kier alpha value is -2.61. The van der Waals surface area contributed by atoms with Gasteiger partial charge in [-0.05, 0) is 50.5 Å². The predicted octanol–water partition coefficient (Wildman–Crippen LogP) is 3.71. The fourth-order valence-electron chi connectivity index (χ4n) is 5.23. The zero-order valence-electron chi connectivity index (χ0n) is 19.0. The molecule has 3 aliphatic heterocycles. The van der Waals surface area contributed by atoms with E-state index in [-0.39, 0.29) is 11.8 Å². The first-order valence-electron chi connectivity index (χ1n) is 11.6. The molecule has 3 aliphatic rings. The number of benzene rings is 1. The molecule has 174 valence electrons. The van der Waals surface area contributed by atoms with Crippen LogP contribution in [0.1, 0.15) is 45.7 Å². The number of hydrogen-bond acceptors (Lipinski definition) is 4. The van der Waals surface area contributed by atoms with Crippen molar-refractivity contribution in [1.29, 1.82) is 0 Å². The lowest BCUT2D eigenvalue weighted by molar-refractivity contribution is -0.110. The number of likely N-dealkylation sites (tertiary alicyclic amines) is 1. The summed E-state index contributed by atoms with van der Waals surface area (Å²) in [5.74, 6) is -0.105. The molecule has 0 saturated carbocycles. The number of nitrogens with zero attached hydrogens (tertiary/aromatic N) is 2. The minimum Gasteiger partial charge on any atom is -0.379 e. The number of H-pyrrole nitrogens is 1. The van der Waals surface area contributed by atoms with Gasteiger partial charge in [0.25, 0.3) is 11.8 Å². The van der Waals surface area contributed by atoms with Gasteiger partial charge in [0.2, 0.25) is 0 Å². The molecule has 0 aliphatic carbocycles. The van der Waals surface area contributed by atoms with Crippen LogP contribution >= 0.6 is 11.6 Å². The molecular weight excluding hydrogens is 440 g/mol. The highest BCUT2D eigenvalue weighted by atomic mass is 35.5. The number of halogens is 1. The second kappa shape index (κ2) is 8.97. The highest BCUT2D eigenvalue weighted by Crippen LogP contribution is 2.35. The van der Waals surface area contributed by atoms with Gasteiger partial charge < -0.3 is 19.9 Å². The fraction of sp³-hybridized carbons (Fsp3) is 0.440. The van der Waals surface area contributed by atoms with Gasteiger partial charge in [-0.25, -0.2) is 0 Å². The van der Waals surface area contributed by atoms with Crippen molar-refractivity contribution in [3.8, 4) is 0 Å². The number of fused-ring (bicyclic) bond motifs is 1. The normalized spacial score (nSPS) is 20.9. The standard InChI is InChI=1S/C25H29ClN4O3/c1-15-21(14-20-19-4-3-17(26)13-22(19)28-24(20)31)27-16(2)23(15)25(32)30-7-5-18(6-8-30)29-9-11-33-12-10-29/h3-4,13-14,18,27H,5-12H2,1-2H3,(H,28,31)/b20-14-. The molecule has 2 fully saturated rings. The summed E-state index contributed by atoms with van der Waals surface area (Å²) in [6.07, 6.45) is 3.81. The van der Waals surface area contributed by atoms with Crippen molar-refractivity contribution < 1.29 is 14.3 Å². The molecule has 33 heavy (non-hydrogen) atoms. The van der Waals surface area contributed by atoms with Gasteiger partial charge in [-0.2, -0.15) is 0 Å². The SMILES string of the molecule is Cc1[nH]c(/C=C2\C(=O)Nc3cc(Cl)ccc32)c(C)c1C(=O)N1CCC(N2CCOCC2)CC1. The van der Waals surface area contributed by atoms with Crippen LogP contribution in [0, 0.1) is 13.8 Å². The molecule has 0 spiro atoms. The lowest BCUT2D eigenvalue weighted by atomic mass is 10.00. The van der Waals surface area contributed by atoms with E-state index < -0.39 is 0 Å². The number of piperidine rings is 1. The zero-order valence-corrected chi connectivity index (χ0v) is 19.8. The van der Waals surface area contributed by atoms with Crippen molar-refractivity contribution in [1.82, 2.24) is 14.8 Å². The maximum absolute atomic E-state index is 13.4. The molecule has 4 heterocycles. The van der Waals surface area contributed by atoms with Gasteiger partial charge in [-0.15, -0.1) is 0 Å². The molecular formula is C25H29ClN4O3. The average Bonchev–Trinajstić information content (AvgIpc) is 3.28. The van der Waals surface area contributed by atoms with Crippen LogP contribution in [-0.4, -0.2) is 72.0 Å². The number of aromatic amines is 1. The van der Waals surface area contributed by atoms with E-state index in [4.69, 9.17) is 16.3 Å². The maximum atomic E-state index is 13.4. The van der Waals surface area contributed by atoms with Crippen LogP contribution in [0.4, 0.5) is 5.69 Å². The van der Waals surface area contributed by atoms with Gasteiger partial charge in [0.05, 0.1) is 30.0 Å². The predicted molar refractivity (Wildman–Crippen MR) is 130 cm³/mol. The zero-order chi connectivity index (χ0) is 23.1. The minimum atomic E-state index is -0.169. The Balaban J connectivity index is 1.34. The van der Waals surface area contributed by atoms with Gasteiger partial charge in [0.1, 0.15) is 0 Å². The van der Waals surface area contributed by atoms with Crippen molar-refractivity contribution in [2.75, 3.05) is 44.7 Å². The van der Waals surface area contributed by atoms with Crippen LogP contribution in [0.25, 0.3) is 11.6 Å². The third-order valence-corrected chi connectivity index (χ3v) is 7.29. The number of amides is 2. The molecule has 8 heteroatoms. The molecule has 1 aromatic carbocycles. The minimum absolute atomic E-state index is 0.0642. The Bertz CT molecular complexity index is 1120. The maximum Gasteiger partial charge on any atom is 0.256 e. The molecule has 0 unspecified atom stereocenters. The Morgan fingerprint density at radius 2 is 1.88 bits per heavy atom. The van der Waals surface area contributed by atoms with Gasteiger partial charge in [-0.1, -0.05) is 17.7 Å². The van der Waals surface area contributed by atoms with Gasteiger partial charge in [0, 0.05) is 54.2 Å². The van der Waals surface area contributed by atoms with Crippen molar-refractivity contribution in [3.63, 3.8) is 0 Å². The van der Waals surface area contributed by atoms with E-state index in [0.29, 0.717) is 27.9 Å². The Morgan fingerprint density at radius 1 is 1.15 bits per heavy atom. The summed E-state index contributed by atoms with van der Waals surface area (Å²) in [5, 5.41) is 3.44. The summed E-state index contributed by atoms with van der Waals surface area (Å²) in [7, 11) is 0. The first-order valence-corrected chi connectivity index (χ1v) is 11.9. The van der Waals surface area contributed by atoms with Crippen LogP contribution in [-0.2, 0) is 9.53 Å². The van der Waals surface area contributed by atoms with Gasteiger partial charge in [-0.3, -0.25) is 14.5 Å². The molecule has 2 saturated heterocycles. The summed E-state index contributed by atoms with van der Waals surface area (Å²) in [4.78, 5) is 33.8. The highest BCUT2D eigenvalue weighted by Gasteiger charge is 2.31. The first kappa shape index (κ1) is 22.2. The van der Waals surface area contributed by atoms with E-state index in [1.807, 2.05) is 30.9 Å². The van der Waals surface area contributed by atoms with E-state index in [0.717, 1.165) is 74.7 Å². The van der Waals surface area contributed by atoms with E-state index in [1.165, 1.54) is 0 Å². The quantitative estimate of drug-likeness (QED) is 0.673. The number of aromatic nitrogens is 1. The lowest BCUT2D eigenvalue weighted by Crippen LogP contribution is -2.50. The molecule has 1 aromatic heterocycles. The fourth-order valence-corrected chi connectivity index (χ4v) is 5.40. The van der Waals surface area contributed by atoms with Gasteiger partial charge >= 0.3 is 0 Å². The monoisotopic (exact) mass is 468 g/mol. The second-order valence-electron chi connectivity index (χ2n) is 9.04. The molecule has 0 atom stereocenters. The number of nitrogens with one attached hydrogen (secondary N) is 2. The number of carbonyl (C=O) groups is 2. The molecule has 7 nitrogen and oxygen atoms in total. The third-order valence-electron chi connectivity index (χ3n) is 7.06. The van der Waals surface area contributed by atoms with Crippen molar-refractivity contribution in [2.45, 2.75) is 32.7 Å². The van der Waals surface area contributed by atoms with Gasteiger partial charge in [0.15, 0.2) is 0 Å². The van der Waals surface area contributed by atoms with Crippen LogP contribution in [0.2, 0.25) is 5.02 Å². The number of hydrogen-bond donors (Lipinski definition) is 2. The Labute approximate surface area is 198 Å². The van der Waals surface area contributed by atoms with Crippen LogP contribution in [0.5, 0.6) is 0 Å². The van der Waals surface area contributed by atoms with E-state index in [9.17, 15) is 9.59 Å². The van der Waals surface area contributed by atoms with Crippen LogP contribution in [0.3, 0.4) is 0 Å². The smallest absolute Gasteiger partial charge is 0.256 e. The van der Waals surface area contributed by atoms with E-state index in [1.54, 1.807) is 12.1 Å². The van der Waals surface area contributed by atoms with E-state index in [2.05, 4.69) is 15.2 Å². The number of ether oxygens (including phenoxy) is 1. The first-order chi connectivity index (χ1) is 15.9. The molecule has 0 bridgehead atoms. The Kier molecular flexibility index (Phi) is 6.03. The lowest BCUT2D eigenvalue weighted by Gasteiger charge is -2.40. The summed E-state index contributed by atoms with van der Waals surface area (Å²) in [6, 6.07) is 5.90. The second-order valence-corrected chi connectivity index (χ2v) is 9.47. The number of anilines is 1. The topological polar surface area (TPSA) is 77.7 Å². The Morgan fingerprint density at radius 3 is 2.61 bits per heavy atom. The average molecular weight is 469 g/mol. The molecule has 0 radical (unpaired) electrons. The highest BCUT2D eigenvalue weighted by molar-refractivity contribution is 6.36. The molecule has 2 aromatic rings. The van der Waals surface area contributed by atoms with Crippen molar-refractivity contribution in [2.24, 2.45) is 0 Å². The summed E-state index contributed by atoms with van der Waals surface area (Å²) in [5.41, 5.74) is 5.28. The number of rotatable bonds is 3. The third kappa shape index (κ3) is 4.21.